The second-order valence-electron chi connectivity index (χ2n) is 7.97. The summed E-state index contributed by atoms with van der Waals surface area (Å²) in [6, 6.07) is 6.94. The summed E-state index contributed by atoms with van der Waals surface area (Å²) in [6.45, 7) is 0.298. The van der Waals surface area contributed by atoms with Crippen molar-refractivity contribution in [1.82, 2.24) is 4.31 Å². The van der Waals surface area contributed by atoms with Gasteiger partial charge in [-0.3, -0.25) is 0 Å². The molecule has 11 heteroatoms. The van der Waals surface area contributed by atoms with Gasteiger partial charge in [-0.05, 0) is 54.3 Å². The molecule has 2 N–H and O–H groups in total. The molecule has 1 aliphatic carbocycles. The lowest BCUT2D eigenvalue weighted by molar-refractivity contribution is -0.137. The van der Waals surface area contributed by atoms with Gasteiger partial charge in [0.05, 0.1) is 16.1 Å². The van der Waals surface area contributed by atoms with Gasteiger partial charge in [0.2, 0.25) is 10.0 Å². The van der Waals surface area contributed by atoms with E-state index in [2.05, 4.69) is 0 Å². The Balaban J connectivity index is 1.49. The number of aryl methyl sites for hydroxylation is 1. The van der Waals surface area contributed by atoms with Gasteiger partial charge in [-0.15, -0.1) is 0 Å². The molecule has 0 spiro atoms. The number of nitrogens with zero attached hydrogens (tertiary/aromatic N) is 2. The lowest BCUT2D eigenvalue weighted by Crippen LogP contribution is -2.49. The van der Waals surface area contributed by atoms with Crippen molar-refractivity contribution in [3.05, 3.63) is 58.9 Å². The molecule has 1 unspecified atom stereocenters. The third-order valence-electron chi connectivity index (χ3n) is 6.09. The van der Waals surface area contributed by atoms with Crippen LogP contribution in [-0.2, 0) is 22.6 Å². The Kier molecular flexibility index (Phi) is 5.95. The van der Waals surface area contributed by atoms with Gasteiger partial charge in [-0.1, -0.05) is 6.07 Å². The van der Waals surface area contributed by atoms with Gasteiger partial charge in [0.25, 0.3) is 0 Å². The van der Waals surface area contributed by atoms with Gasteiger partial charge >= 0.3 is 6.18 Å². The second kappa shape index (κ2) is 8.29. The predicted octanol–water partition coefficient (Wildman–Crippen LogP) is 2.70. The van der Waals surface area contributed by atoms with Crippen molar-refractivity contribution in [2.45, 2.75) is 36.1 Å². The number of piperazine rings is 1. The van der Waals surface area contributed by atoms with E-state index in [1.807, 2.05) is 0 Å². The van der Waals surface area contributed by atoms with Crippen LogP contribution in [0.5, 0.6) is 0 Å². The molecule has 2 aliphatic rings. The number of benzene rings is 2. The predicted molar refractivity (Wildman–Crippen MR) is 108 cm³/mol. The fraction of sp³-hybridized carbons (Fsp3) is 0.429. The highest BCUT2D eigenvalue weighted by atomic mass is 32.2. The van der Waals surface area contributed by atoms with E-state index in [0.29, 0.717) is 24.5 Å². The number of hydrogen-bond donors (Lipinski definition) is 2. The molecule has 1 atom stereocenters. The van der Waals surface area contributed by atoms with Gasteiger partial charge in [0.15, 0.2) is 6.29 Å². The Bertz CT molecular complexity index is 1110. The van der Waals surface area contributed by atoms with Gasteiger partial charge < -0.3 is 15.1 Å². The zero-order valence-corrected chi connectivity index (χ0v) is 17.7. The van der Waals surface area contributed by atoms with E-state index in [4.69, 9.17) is 0 Å². The summed E-state index contributed by atoms with van der Waals surface area (Å²) in [6.07, 6.45) is -5.06. The Morgan fingerprint density at radius 3 is 2.28 bits per heavy atom. The topological polar surface area (TPSA) is 81.1 Å². The minimum absolute atomic E-state index is 0.00708. The minimum Gasteiger partial charge on any atom is -0.368 e. The van der Waals surface area contributed by atoms with Crippen LogP contribution in [0, 0.1) is 5.82 Å². The average Bonchev–Trinajstić information content (AvgIpc) is 3.17. The standard InChI is InChI=1S/C21H22F4N2O4S/c22-18-11-14(21(23,24)25)3-6-19(18)26-7-9-27(10-8-26)32(30,31)15-4-1-13-2-5-16(20(28)29)17(13)12-15/h1,3-4,6,11-12,16,20,28-29H,2,5,7-10H2. The van der Waals surface area contributed by atoms with Gasteiger partial charge in [0.1, 0.15) is 5.82 Å². The molecule has 1 saturated heterocycles. The Hall–Kier alpha value is -2.21. The summed E-state index contributed by atoms with van der Waals surface area (Å²) in [5.41, 5.74) is 0.395. The number of rotatable bonds is 4. The maximum atomic E-state index is 14.3. The van der Waals surface area contributed by atoms with E-state index in [1.165, 1.54) is 21.3 Å². The first-order valence-corrected chi connectivity index (χ1v) is 11.5. The van der Waals surface area contributed by atoms with E-state index in [-0.39, 0.29) is 36.8 Å². The maximum Gasteiger partial charge on any atom is 0.416 e. The molecule has 0 aromatic heterocycles. The number of alkyl halides is 3. The molecule has 4 rings (SSSR count). The summed E-state index contributed by atoms with van der Waals surface area (Å²) in [4.78, 5) is 1.56. The summed E-state index contributed by atoms with van der Waals surface area (Å²) in [5.74, 6) is -1.55. The lowest BCUT2D eigenvalue weighted by Gasteiger charge is -2.35. The van der Waals surface area contributed by atoms with Crippen LogP contribution in [0.3, 0.4) is 0 Å². The van der Waals surface area contributed by atoms with Gasteiger partial charge in [0, 0.05) is 32.1 Å². The Morgan fingerprint density at radius 1 is 1.00 bits per heavy atom. The molecule has 2 aromatic carbocycles. The van der Waals surface area contributed by atoms with E-state index in [1.54, 1.807) is 6.07 Å². The summed E-state index contributed by atoms with van der Waals surface area (Å²) in [5, 5.41) is 19.1. The zero-order valence-electron chi connectivity index (χ0n) is 16.9. The fourth-order valence-electron chi connectivity index (χ4n) is 4.34. The summed E-state index contributed by atoms with van der Waals surface area (Å²) in [7, 11) is -3.87. The number of fused-ring (bicyclic) bond motifs is 1. The number of sulfonamides is 1. The minimum atomic E-state index is -4.65. The quantitative estimate of drug-likeness (QED) is 0.526. The van der Waals surface area contributed by atoms with E-state index >= 15 is 0 Å². The molecule has 0 radical (unpaired) electrons. The highest BCUT2D eigenvalue weighted by Gasteiger charge is 2.34. The highest BCUT2D eigenvalue weighted by molar-refractivity contribution is 7.89. The average molecular weight is 474 g/mol. The van der Waals surface area contributed by atoms with Crippen LogP contribution in [0.2, 0.25) is 0 Å². The van der Waals surface area contributed by atoms with Gasteiger partial charge in [-0.25, -0.2) is 12.8 Å². The molecular formula is C21H22F4N2O4S. The molecule has 0 bridgehead atoms. The van der Waals surface area contributed by atoms with Crippen molar-refractivity contribution in [2.24, 2.45) is 0 Å². The lowest BCUT2D eigenvalue weighted by atomic mass is 10.0. The molecule has 0 saturated carbocycles. The van der Waals surface area contributed by atoms with Crippen molar-refractivity contribution in [2.75, 3.05) is 31.1 Å². The normalized spacial score (nSPS) is 20.1. The number of halogens is 4. The SMILES string of the molecule is O=S(=O)(c1ccc2c(c1)C(C(O)O)CC2)N1CCN(c2ccc(C(F)(F)F)cc2F)CC1. The third kappa shape index (κ3) is 4.21. The molecule has 2 aromatic rings. The highest BCUT2D eigenvalue weighted by Crippen LogP contribution is 2.37. The Labute approximate surface area is 182 Å². The fourth-order valence-corrected chi connectivity index (χ4v) is 5.80. The van der Waals surface area contributed by atoms with Crippen LogP contribution in [0.15, 0.2) is 41.3 Å². The first-order chi connectivity index (χ1) is 15.0. The largest absolute Gasteiger partial charge is 0.416 e. The molecule has 32 heavy (non-hydrogen) atoms. The maximum absolute atomic E-state index is 14.3. The van der Waals surface area contributed by atoms with Crippen molar-refractivity contribution in [3.63, 3.8) is 0 Å². The Morgan fingerprint density at radius 2 is 1.69 bits per heavy atom. The van der Waals surface area contributed by atoms with Crippen LogP contribution in [0.25, 0.3) is 0 Å². The first-order valence-electron chi connectivity index (χ1n) is 10.1. The van der Waals surface area contributed by atoms with Crippen LogP contribution >= 0.6 is 0 Å². The van der Waals surface area contributed by atoms with E-state index < -0.39 is 39.8 Å². The molecular weight excluding hydrogens is 452 g/mol. The number of aliphatic hydroxyl groups excluding tert-OH is 1. The number of hydrogen-bond acceptors (Lipinski definition) is 5. The first kappa shape index (κ1) is 23.0. The number of anilines is 1. The van der Waals surface area contributed by atoms with Crippen molar-refractivity contribution in [1.29, 1.82) is 0 Å². The van der Waals surface area contributed by atoms with Gasteiger partial charge in [-0.2, -0.15) is 17.5 Å². The molecule has 174 valence electrons. The van der Waals surface area contributed by atoms with Crippen LogP contribution in [0.4, 0.5) is 23.2 Å². The smallest absolute Gasteiger partial charge is 0.368 e. The van der Waals surface area contributed by atoms with E-state index in [9.17, 15) is 36.2 Å². The third-order valence-corrected chi connectivity index (χ3v) is 7.99. The van der Waals surface area contributed by atoms with Crippen molar-refractivity contribution >= 4 is 15.7 Å². The molecule has 6 nitrogen and oxygen atoms in total. The monoisotopic (exact) mass is 474 g/mol. The molecule has 1 aliphatic heterocycles. The van der Waals surface area contributed by atoms with Crippen LogP contribution in [-0.4, -0.2) is 55.4 Å². The van der Waals surface area contributed by atoms with Crippen molar-refractivity contribution < 1.29 is 36.2 Å². The van der Waals surface area contributed by atoms with Crippen LogP contribution < -0.4 is 4.90 Å². The number of aliphatic hydroxyl groups is 2. The van der Waals surface area contributed by atoms with E-state index in [0.717, 1.165) is 17.7 Å². The van der Waals surface area contributed by atoms with Crippen molar-refractivity contribution in [3.8, 4) is 0 Å². The van der Waals surface area contributed by atoms with Crippen LogP contribution in [0.1, 0.15) is 29.0 Å². The molecule has 1 fully saturated rings. The molecule has 0 amide bonds. The molecule has 1 heterocycles. The zero-order chi connectivity index (χ0) is 23.3. The summed E-state index contributed by atoms with van der Waals surface area (Å²) >= 11 is 0. The second-order valence-corrected chi connectivity index (χ2v) is 9.91. The summed E-state index contributed by atoms with van der Waals surface area (Å²) < 4.78 is 80.0.